The molecule has 1 aromatic carbocycles. The van der Waals surface area contributed by atoms with Crippen LogP contribution in [0.5, 0.6) is 5.75 Å². The maximum Gasteiger partial charge on any atom is 0.273 e. The zero-order valence-electron chi connectivity index (χ0n) is 14.4. The van der Waals surface area contributed by atoms with Crippen molar-refractivity contribution in [3.63, 3.8) is 0 Å². The predicted octanol–water partition coefficient (Wildman–Crippen LogP) is 2.89. The molecule has 2 bridgehead atoms. The minimum Gasteiger partial charge on any atom is -0.497 e. The van der Waals surface area contributed by atoms with Crippen LogP contribution in [0.15, 0.2) is 35.2 Å². The third-order valence-electron chi connectivity index (χ3n) is 5.27. The average Bonchev–Trinajstić information content (AvgIpc) is 3.04. The molecular weight excluding hydrogens is 334 g/mol. The Hall–Kier alpha value is -1.92. The number of piperidine rings is 1. The van der Waals surface area contributed by atoms with Crippen LogP contribution in [0.3, 0.4) is 0 Å². The summed E-state index contributed by atoms with van der Waals surface area (Å²) in [6.45, 7) is 3.79. The van der Waals surface area contributed by atoms with Crippen molar-refractivity contribution in [2.45, 2.75) is 25.4 Å². The van der Waals surface area contributed by atoms with Gasteiger partial charge in [0.05, 0.1) is 12.6 Å². The van der Waals surface area contributed by atoms with E-state index in [9.17, 15) is 4.79 Å². The van der Waals surface area contributed by atoms with Gasteiger partial charge in [-0.3, -0.25) is 9.69 Å². The van der Waals surface area contributed by atoms with Crippen molar-refractivity contribution < 1.29 is 9.53 Å². The number of amides is 1. The lowest BCUT2D eigenvalue weighted by atomic mass is 9.95. The summed E-state index contributed by atoms with van der Waals surface area (Å²) in [4.78, 5) is 21.6. The van der Waals surface area contributed by atoms with E-state index in [0.29, 0.717) is 17.7 Å². The van der Waals surface area contributed by atoms with E-state index in [-0.39, 0.29) is 5.91 Å². The van der Waals surface area contributed by atoms with Gasteiger partial charge in [0.15, 0.2) is 0 Å². The van der Waals surface area contributed by atoms with Gasteiger partial charge in [-0.05, 0) is 36.5 Å². The van der Waals surface area contributed by atoms with E-state index < -0.39 is 0 Å². The summed E-state index contributed by atoms with van der Waals surface area (Å²) in [6.07, 6.45) is 2.31. The van der Waals surface area contributed by atoms with Gasteiger partial charge in [-0.1, -0.05) is 12.1 Å². The van der Waals surface area contributed by atoms with Crippen molar-refractivity contribution in [2.75, 3.05) is 26.7 Å². The normalized spacial score (nSPS) is 23.5. The van der Waals surface area contributed by atoms with E-state index >= 15 is 0 Å². The molecule has 0 N–H and O–H groups in total. The molecule has 0 saturated carbocycles. The van der Waals surface area contributed by atoms with Crippen molar-refractivity contribution in [3.8, 4) is 5.75 Å². The van der Waals surface area contributed by atoms with Gasteiger partial charge in [0.1, 0.15) is 11.4 Å². The standard InChI is InChI=1S/C19H23N3O2S/c1-24-17-6-3-14(4-7-17)8-21-9-15-2-5-16(11-21)22(10-15)19(23)18-12-25-13-20-18/h3-4,6-7,12-13,15-16H,2,5,8-11H2,1H3/t15-,16+/m1/s1. The molecule has 0 unspecified atom stereocenters. The first-order valence-corrected chi connectivity index (χ1v) is 9.71. The first-order valence-electron chi connectivity index (χ1n) is 8.77. The van der Waals surface area contributed by atoms with Gasteiger partial charge in [0, 0.05) is 37.6 Å². The van der Waals surface area contributed by atoms with Crippen LogP contribution in [0.2, 0.25) is 0 Å². The third kappa shape index (κ3) is 3.55. The van der Waals surface area contributed by atoms with E-state index in [1.807, 2.05) is 17.5 Å². The lowest BCUT2D eigenvalue weighted by Gasteiger charge is -2.35. The maximum absolute atomic E-state index is 12.8. The first-order chi connectivity index (χ1) is 12.2. The second kappa shape index (κ2) is 7.14. The number of fused-ring (bicyclic) bond motifs is 4. The van der Waals surface area contributed by atoms with Crippen molar-refractivity contribution in [3.05, 3.63) is 46.4 Å². The Bertz CT molecular complexity index is 717. The number of hydrogen-bond acceptors (Lipinski definition) is 5. The summed E-state index contributed by atoms with van der Waals surface area (Å²) in [6, 6.07) is 8.58. The molecule has 3 aliphatic rings. The van der Waals surface area contributed by atoms with Crippen molar-refractivity contribution in [1.82, 2.24) is 14.8 Å². The van der Waals surface area contributed by atoms with E-state index in [2.05, 4.69) is 26.9 Å². The number of hydrogen-bond donors (Lipinski definition) is 0. The maximum atomic E-state index is 12.8. The minimum absolute atomic E-state index is 0.0993. The van der Waals surface area contributed by atoms with E-state index in [1.54, 1.807) is 12.6 Å². The van der Waals surface area contributed by atoms with Crippen LogP contribution in [-0.4, -0.2) is 53.5 Å². The number of methoxy groups -OCH3 is 1. The Labute approximate surface area is 152 Å². The van der Waals surface area contributed by atoms with Crippen LogP contribution < -0.4 is 4.74 Å². The Kier molecular flexibility index (Phi) is 4.72. The van der Waals surface area contributed by atoms with Crippen LogP contribution in [0.4, 0.5) is 0 Å². The highest BCUT2D eigenvalue weighted by Crippen LogP contribution is 2.30. The first kappa shape index (κ1) is 16.5. The molecule has 0 aliphatic carbocycles. The number of carbonyl (C=O) groups excluding carboxylic acids is 1. The molecule has 5 rings (SSSR count). The number of carbonyl (C=O) groups is 1. The van der Waals surface area contributed by atoms with Crippen LogP contribution in [0.25, 0.3) is 0 Å². The number of thiazole rings is 1. The zero-order valence-corrected chi connectivity index (χ0v) is 15.2. The fourth-order valence-corrected chi connectivity index (χ4v) is 4.54. The summed E-state index contributed by atoms with van der Waals surface area (Å²) in [7, 11) is 1.69. The van der Waals surface area contributed by atoms with Gasteiger partial charge in [-0.15, -0.1) is 11.3 Å². The fraction of sp³-hybridized carbons (Fsp3) is 0.474. The summed E-state index contributed by atoms with van der Waals surface area (Å²) >= 11 is 1.48. The quantitative estimate of drug-likeness (QED) is 0.844. The molecule has 2 aromatic rings. The largest absolute Gasteiger partial charge is 0.497 e. The van der Waals surface area contributed by atoms with Gasteiger partial charge in [-0.2, -0.15) is 0 Å². The van der Waals surface area contributed by atoms with Crippen molar-refractivity contribution >= 4 is 17.2 Å². The summed E-state index contributed by atoms with van der Waals surface area (Å²) in [5.74, 6) is 1.54. The molecule has 3 fully saturated rings. The topological polar surface area (TPSA) is 45.7 Å². The molecule has 3 saturated heterocycles. The molecule has 0 radical (unpaired) electrons. The molecule has 3 aliphatic heterocycles. The fourth-order valence-electron chi connectivity index (χ4n) is 4.01. The number of benzene rings is 1. The Morgan fingerprint density at radius 2 is 2.08 bits per heavy atom. The molecule has 132 valence electrons. The van der Waals surface area contributed by atoms with Gasteiger partial charge in [-0.25, -0.2) is 4.98 Å². The van der Waals surface area contributed by atoms with Crippen molar-refractivity contribution in [2.24, 2.45) is 5.92 Å². The number of aromatic nitrogens is 1. The lowest BCUT2D eigenvalue weighted by Crippen LogP contribution is -2.47. The highest BCUT2D eigenvalue weighted by atomic mass is 32.1. The Morgan fingerprint density at radius 3 is 2.80 bits per heavy atom. The van der Waals surface area contributed by atoms with Crippen LogP contribution in [0, 0.1) is 5.92 Å². The molecule has 4 heterocycles. The molecular formula is C19H23N3O2S. The third-order valence-corrected chi connectivity index (χ3v) is 5.85. The molecule has 25 heavy (non-hydrogen) atoms. The summed E-state index contributed by atoms with van der Waals surface area (Å²) < 4.78 is 5.24. The monoisotopic (exact) mass is 357 g/mol. The summed E-state index contributed by atoms with van der Waals surface area (Å²) in [5, 5.41) is 1.86. The van der Waals surface area contributed by atoms with Crippen LogP contribution in [-0.2, 0) is 6.54 Å². The highest BCUT2D eigenvalue weighted by molar-refractivity contribution is 7.07. The number of rotatable bonds is 4. The predicted molar refractivity (Wildman–Crippen MR) is 97.9 cm³/mol. The van der Waals surface area contributed by atoms with Gasteiger partial charge < -0.3 is 9.64 Å². The van der Waals surface area contributed by atoms with Crippen molar-refractivity contribution in [1.29, 1.82) is 0 Å². The Morgan fingerprint density at radius 1 is 1.24 bits per heavy atom. The molecule has 1 amide bonds. The average molecular weight is 357 g/mol. The second-order valence-electron chi connectivity index (χ2n) is 6.97. The van der Waals surface area contributed by atoms with Gasteiger partial charge >= 0.3 is 0 Å². The molecule has 6 heteroatoms. The number of ether oxygens (including phenoxy) is 1. The summed E-state index contributed by atoms with van der Waals surface area (Å²) in [5.41, 5.74) is 3.62. The Balaban J connectivity index is 1.46. The van der Waals surface area contributed by atoms with Gasteiger partial charge in [0.2, 0.25) is 0 Å². The second-order valence-corrected chi connectivity index (χ2v) is 7.69. The number of nitrogens with zero attached hydrogens (tertiary/aromatic N) is 3. The zero-order chi connectivity index (χ0) is 17.2. The van der Waals surface area contributed by atoms with Crippen LogP contribution in [0.1, 0.15) is 28.9 Å². The van der Waals surface area contributed by atoms with Crippen LogP contribution >= 0.6 is 11.3 Å². The van der Waals surface area contributed by atoms with Gasteiger partial charge in [0.25, 0.3) is 5.91 Å². The van der Waals surface area contributed by atoms with E-state index in [0.717, 1.165) is 38.3 Å². The molecule has 5 nitrogen and oxygen atoms in total. The molecule has 2 atom stereocenters. The molecule has 0 spiro atoms. The molecule has 1 aromatic heterocycles. The highest BCUT2D eigenvalue weighted by Gasteiger charge is 2.37. The smallest absolute Gasteiger partial charge is 0.273 e. The SMILES string of the molecule is COc1ccc(CN2C[C@H]3CC[C@@H](C2)N(C(=O)c2cscn2)C3)cc1. The van der Waals surface area contributed by atoms with E-state index in [4.69, 9.17) is 4.74 Å². The van der Waals surface area contributed by atoms with E-state index in [1.165, 1.54) is 23.3 Å². The lowest BCUT2D eigenvalue weighted by molar-refractivity contribution is 0.0579. The minimum atomic E-state index is 0.0993.